The molecule has 1 heterocycles. The van der Waals surface area contributed by atoms with Crippen LogP contribution in [0.1, 0.15) is 43.8 Å². The highest BCUT2D eigenvalue weighted by molar-refractivity contribution is 7.21. The Hall–Kier alpha value is -2.28. The van der Waals surface area contributed by atoms with Gasteiger partial charge in [-0.1, -0.05) is 20.8 Å². The predicted octanol–water partition coefficient (Wildman–Crippen LogP) is 4.64. The number of amides is 2. The van der Waals surface area contributed by atoms with Crippen LogP contribution in [0.4, 0.5) is 10.5 Å². The molecule has 7 heteroatoms. The fourth-order valence-electron chi connectivity index (χ4n) is 2.27. The van der Waals surface area contributed by atoms with Gasteiger partial charge in [0.2, 0.25) is 0 Å². The summed E-state index contributed by atoms with van der Waals surface area (Å²) in [6.07, 6.45) is 0.854. The van der Waals surface area contributed by atoms with E-state index in [4.69, 9.17) is 9.47 Å². The van der Waals surface area contributed by atoms with E-state index in [0.29, 0.717) is 28.8 Å². The summed E-state index contributed by atoms with van der Waals surface area (Å²) >= 11 is 1.32. The van der Waals surface area contributed by atoms with Crippen LogP contribution in [-0.4, -0.2) is 31.8 Å². The molecule has 0 aliphatic rings. The van der Waals surface area contributed by atoms with Crippen LogP contribution in [0.3, 0.4) is 0 Å². The molecule has 0 fully saturated rings. The van der Waals surface area contributed by atoms with Crippen molar-refractivity contribution < 1.29 is 19.1 Å². The molecule has 0 unspecified atom stereocenters. The van der Waals surface area contributed by atoms with Crippen molar-refractivity contribution in [1.29, 1.82) is 0 Å². The Morgan fingerprint density at radius 3 is 2.58 bits per heavy atom. The van der Waals surface area contributed by atoms with Crippen LogP contribution >= 0.6 is 11.3 Å². The van der Waals surface area contributed by atoms with Crippen LogP contribution in [-0.2, 0) is 4.74 Å². The van der Waals surface area contributed by atoms with Gasteiger partial charge in [0, 0.05) is 21.8 Å². The number of urea groups is 1. The standard InChI is InChI=1S/C19H26N2O4S/c1-6-12(4)20-19(23)21-13-7-8-15-14(9-13)16(25-10-11(2)3)17(26-15)18(22)24-5/h7-9,11-12H,6,10H2,1-5H3,(H2,20,21,23)/t12-/m0/s1. The highest BCUT2D eigenvalue weighted by Crippen LogP contribution is 2.39. The first-order valence-corrected chi connectivity index (χ1v) is 9.52. The lowest BCUT2D eigenvalue weighted by Gasteiger charge is -2.13. The summed E-state index contributed by atoms with van der Waals surface area (Å²) in [5.74, 6) is 0.406. The number of hydrogen-bond acceptors (Lipinski definition) is 5. The Labute approximate surface area is 157 Å². The molecule has 2 aromatic rings. The van der Waals surface area contributed by atoms with Gasteiger partial charge >= 0.3 is 12.0 Å². The number of benzene rings is 1. The van der Waals surface area contributed by atoms with Crippen molar-refractivity contribution in [2.24, 2.45) is 5.92 Å². The first kappa shape index (κ1) is 20.0. The normalized spacial score (nSPS) is 12.1. The van der Waals surface area contributed by atoms with Gasteiger partial charge in [-0.3, -0.25) is 0 Å². The summed E-state index contributed by atoms with van der Waals surface area (Å²) < 4.78 is 11.7. The second-order valence-electron chi connectivity index (χ2n) is 6.58. The number of carbonyl (C=O) groups is 2. The van der Waals surface area contributed by atoms with E-state index in [0.717, 1.165) is 16.5 Å². The third kappa shape index (κ3) is 4.88. The number of carbonyl (C=O) groups excluding carboxylic acids is 2. The van der Waals surface area contributed by atoms with Crippen molar-refractivity contribution in [3.8, 4) is 5.75 Å². The summed E-state index contributed by atoms with van der Waals surface area (Å²) in [6, 6.07) is 5.34. The van der Waals surface area contributed by atoms with E-state index in [1.165, 1.54) is 18.4 Å². The molecule has 2 rings (SSSR count). The van der Waals surface area contributed by atoms with Crippen molar-refractivity contribution in [2.75, 3.05) is 19.0 Å². The summed E-state index contributed by atoms with van der Waals surface area (Å²) in [6.45, 7) is 8.52. The van der Waals surface area contributed by atoms with E-state index in [1.54, 1.807) is 0 Å². The van der Waals surface area contributed by atoms with Crippen molar-refractivity contribution >= 4 is 39.1 Å². The van der Waals surface area contributed by atoms with Gasteiger partial charge < -0.3 is 20.1 Å². The Morgan fingerprint density at radius 1 is 1.23 bits per heavy atom. The number of rotatable bonds is 7. The molecule has 0 bridgehead atoms. The van der Waals surface area contributed by atoms with E-state index in [9.17, 15) is 9.59 Å². The van der Waals surface area contributed by atoms with Crippen LogP contribution in [0.15, 0.2) is 18.2 Å². The first-order valence-electron chi connectivity index (χ1n) is 8.70. The molecule has 0 aliphatic heterocycles. The number of fused-ring (bicyclic) bond motifs is 1. The Bertz CT molecular complexity index is 785. The van der Waals surface area contributed by atoms with Gasteiger partial charge in [-0.25, -0.2) is 9.59 Å². The SMILES string of the molecule is CC[C@H](C)NC(=O)Nc1ccc2sc(C(=O)OC)c(OCC(C)C)c2c1. The molecule has 0 spiro atoms. The van der Waals surface area contributed by atoms with Crippen LogP contribution in [0.25, 0.3) is 10.1 Å². The van der Waals surface area contributed by atoms with Gasteiger partial charge in [0.1, 0.15) is 0 Å². The fourth-order valence-corrected chi connectivity index (χ4v) is 3.31. The van der Waals surface area contributed by atoms with Crippen molar-refractivity contribution in [3.63, 3.8) is 0 Å². The number of hydrogen-bond donors (Lipinski definition) is 2. The zero-order valence-corrected chi connectivity index (χ0v) is 16.7. The Kier molecular flexibility index (Phi) is 6.85. The van der Waals surface area contributed by atoms with E-state index in [2.05, 4.69) is 10.6 Å². The molecular weight excluding hydrogens is 352 g/mol. The topological polar surface area (TPSA) is 76.7 Å². The zero-order valence-electron chi connectivity index (χ0n) is 15.8. The molecule has 2 amide bonds. The van der Waals surface area contributed by atoms with E-state index in [1.807, 2.05) is 45.9 Å². The van der Waals surface area contributed by atoms with Gasteiger partial charge in [-0.05, 0) is 37.5 Å². The molecule has 0 radical (unpaired) electrons. The number of thiophene rings is 1. The molecule has 0 aliphatic carbocycles. The molecule has 142 valence electrons. The second kappa shape index (κ2) is 8.89. The van der Waals surface area contributed by atoms with Crippen molar-refractivity contribution in [2.45, 2.75) is 40.2 Å². The van der Waals surface area contributed by atoms with Crippen molar-refractivity contribution in [3.05, 3.63) is 23.1 Å². The number of methoxy groups -OCH3 is 1. The predicted molar refractivity (Wildman–Crippen MR) is 105 cm³/mol. The number of anilines is 1. The fraction of sp³-hybridized carbons (Fsp3) is 0.474. The molecule has 6 nitrogen and oxygen atoms in total. The molecule has 1 aromatic carbocycles. The van der Waals surface area contributed by atoms with Gasteiger partial charge in [-0.2, -0.15) is 0 Å². The minimum atomic E-state index is -0.422. The van der Waals surface area contributed by atoms with Crippen molar-refractivity contribution in [1.82, 2.24) is 5.32 Å². The lowest BCUT2D eigenvalue weighted by atomic mass is 10.2. The molecule has 1 atom stereocenters. The van der Waals surface area contributed by atoms with Gasteiger partial charge in [0.25, 0.3) is 0 Å². The largest absolute Gasteiger partial charge is 0.491 e. The molecule has 0 saturated carbocycles. The number of ether oxygens (including phenoxy) is 2. The van der Waals surface area contributed by atoms with Gasteiger partial charge in [0.15, 0.2) is 10.6 Å². The highest BCUT2D eigenvalue weighted by atomic mass is 32.1. The molecular formula is C19H26N2O4S. The maximum absolute atomic E-state index is 12.1. The average Bonchev–Trinajstić information content (AvgIpc) is 2.96. The van der Waals surface area contributed by atoms with Crippen LogP contribution in [0, 0.1) is 5.92 Å². The summed E-state index contributed by atoms with van der Waals surface area (Å²) in [5.41, 5.74) is 0.641. The minimum Gasteiger partial charge on any atom is -0.491 e. The maximum atomic E-state index is 12.1. The smallest absolute Gasteiger partial charge is 0.351 e. The highest BCUT2D eigenvalue weighted by Gasteiger charge is 2.21. The lowest BCUT2D eigenvalue weighted by Crippen LogP contribution is -2.35. The van der Waals surface area contributed by atoms with Gasteiger partial charge in [-0.15, -0.1) is 11.3 Å². The molecule has 2 N–H and O–H groups in total. The lowest BCUT2D eigenvalue weighted by molar-refractivity contribution is 0.0601. The zero-order chi connectivity index (χ0) is 19.3. The first-order chi connectivity index (χ1) is 12.3. The third-order valence-corrected chi connectivity index (χ3v) is 4.95. The van der Waals surface area contributed by atoms with Crippen LogP contribution in [0.5, 0.6) is 5.75 Å². The molecule has 26 heavy (non-hydrogen) atoms. The van der Waals surface area contributed by atoms with Crippen LogP contribution in [0.2, 0.25) is 0 Å². The maximum Gasteiger partial charge on any atom is 0.351 e. The molecule has 1 aromatic heterocycles. The second-order valence-corrected chi connectivity index (χ2v) is 7.63. The third-order valence-electron chi connectivity index (χ3n) is 3.82. The average molecular weight is 378 g/mol. The monoisotopic (exact) mass is 378 g/mol. The summed E-state index contributed by atoms with van der Waals surface area (Å²) in [5, 5.41) is 6.48. The summed E-state index contributed by atoms with van der Waals surface area (Å²) in [4.78, 5) is 24.6. The minimum absolute atomic E-state index is 0.0933. The van der Waals surface area contributed by atoms with E-state index >= 15 is 0 Å². The van der Waals surface area contributed by atoms with Gasteiger partial charge in [0.05, 0.1) is 13.7 Å². The number of esters is 1. The quantitative estimate of drug-likeness (QED) is 0.688. The Balaban J connectivity index is 2.34. The summed E-state index contributed by atoms with van der Waals surface area (Å²) in [7, 11) is 1.35. The van der Waals surface area contributed by atoms with E-state index in [-0.39, 0.29) is 12.1 Å². The number of nitrogens with one attached hydrogen (secondary N) is 2. The van der Waals surface area contributed by atoms with Crippen LogP contribution < -0.4 is 15.4 Å². The van der Waals surface area contributed by atoms with E-state index < -0.39 is 5.97 Å². The molecule has 0 saturated heterocycles. The Morgan fingerprint density at radius 2 is 1.96 bits per heavy atom.